The average Bonchev–Trinajstić information content (AvgIpc) is 2.32. The largest absolute Gasteiger partial charge is 0.353 e. The summed E-state index contributed by atoms with van der Waals surface area (Å²) in [5.74, 6) is -0.192. The van der Waals surface area contributed by atoms with Gasteiger partial charge < -0.3 is 10.6 Å². The van der Waals surface area contributed by atoms with Crippen LogP contribution in [0.2, 0.25) is 0 Å². The molecule has 0 radical (unpaired) electrons. The molecule has 2 unspecified atom stereocenters. The Morgan fingerprint density at radius 2 is 1.84 bits per heavy atom. The van der Waals surface area contributed by atoms with Gasteiger partial charge in [-0.1, -0.05) is 19.1 Å². The number of nitrogens with one attached hydrogen (secondary N) is 2. The Bertz CT molecular complexity index is 392. The van der Waals surface area contributed by atoms with E-state index in [0.717, 1.165) is 12.1 Å². The summed E-state index contributed by atoms with van der Waals surface area (Å²) in [4.78, 5) is 11.8. The van der Waals surface area contributed by atoms with E-state index in [1.165, 1.54) is 12.1 Å². The first-order chi connectivity index (χ1) is 9.01. The Balaban J connectivity index is 2.36. The Labute approximate surface area is 114 Å². The van der Waals surface area contributed by atoms with Gasteiger partial charge in [-0.05, 0) is 44.5 Å². The lowest BCUT2D eigenvalue weighted by molar-refractivity contribution is -0.122. The van der Waals surface area contributed by atoms with Crippen LogP contribution in [-0.4, -0.2) is 24.5 Å². The zero-order valence-corrected chi connectivity index (χ0v) is 11.9. The highest BCUT2D eigenvalue weighted by Crippen LogP contribution is 2.06. The van der Waals surface area contributed by atoms with Crippen molar-refractivity contribution in [2.45, 2.75) is 45.7 Å². The number of benzene rings is 1. The molecule has 1 aromatic rings. The third-order valence-corrected chi connectivity index (χ3v) is 2.91. The van der Waals surface area contributed by atoms with Gasteiger partial charge in [0.15, 0.2) is 0 Å². The van der Waals surface area contributed by atoms with Crippen LogP contribution in [-0.2, 0) is 11.2 Å². The molecule has 2 N–H and O–H groups in total. The number of hydrogen-bond acceptors (Lipinski definition) is 2. The summed E-state index contributed by atoms with van der Waals surface area (Å²) in [5, 5.41) is 6.16. The number of amides is 1. The smallest absolute Gasteiger partial charge is 0.221 e. The molecule has 2 atom stereocenters. The maximum absolute atomic E-state index is 12.8. The molecule has 0 spiro atoms. The van der Waals surface area contributed by atoms with Gasteiger partial charge in [0, 0.05) is 18.5 Å². The third kappa shape index (κ3) is 6.34. The third-order valence-electron chi connectivity index (χ3n) is 2.91. The lowest BCUT2D eigenvalue weighted by Gasteiger charge is -2.16. The lowest BCUT2D eigenvalue weighted by Crippen LogP contribution is -2.38. The Morgan fingerprint density at radius 1 is 1.21 bits per heavy atom. The van der Waals surface area contributed by atoms with Crippen molar-refractivity contribution in [1.82, 2.24) is 10.6 Å². The molecule has 106 valence electrons. The number of carbonyl (C=O) groups excluding carboxylic acids is 1. The van der Waals surface area contributed by atoms with E-state index in [1.807, 2.05) is 20.8 Å². The SMILES string of the molecule is CCNC(C)CC(=O)NC(C)Cc1ccc(F)cc1. The summed E-state index contributed by atoms with van der Waals surface area (Å²) in [5.41, 5.74) is 1.02. The minimum absolute atomic E-state index is 0.0445. The van der Waals surface area contributed by atoms with Crippen LogP contribution in [0.15, 0.2) is 24.3 Å². The predicted molar refractivity (Wildman–Crippen MR) is 75.5 cm³/mol. The van der Waals surface area contributed by atoms with Crippen LogP contribution in [0.4, 0.5) is 4.39 Å². The summed E-state index contributed by atoms with van der Waals surface area (Å²) in [6.07, 6.45) is 1.18. The predicted octanol–water partition coefficient (Wildman–Crippen LogP) is 2.26. The lowest BCUT2D eigenvalue weighted by atomic mass is 10.1. The second-order valence-corrected chi connectivity index (χ2v) is 4.96. The zero-order chi connectivity index (χ0) is 14.3. The molecule has 19 heavy (non-hydrogen) atoms. The first-order valence-corrected chi connectivity index (χ1v) is 6.78. The van der Waals surface area contributed by atoms with E-state index in [-0.39, 0.29) is 23.8 Å². The van der Waals surface area contributed by atoms with Crippen LogP contribution in [0.25, 0.3) is 0 Å². The van der Waals surface area contributed by atoms with Crippen molar-refractivity contribution >= 4 is 5.91 Å². The molecule has 1 aromatic carbocycles. The maximum Gasteiger partial charge on any atom is 0.221 e. The van der Waals surface area contributed by atoms with Crippen LogP contribution in [0.3, 0.4) is 0 Å². The molecule has 3 nitrogen and oxygen atoms in total. The van der Waals surface area contributed by atoms with Crippen molar-refractivity contribution in [3.63, 3.8) is 0 Å². The summed E-state index contributed by atoms with van der Waals surface area (Å²) in [7, 11) is 0. The summed E-state index contributed by atoms with van der Waals surface area (Å²) in [6.45, 7) is 6.83. The van der Waals surface area contributed by atoms with E-state index in [9.17, 15) is 9.18 Å². The van der Waals surface area contributed by atoms with E-state index in [0.29, 0.717) is 12.8 Å². The molecule has 0 aromatic heterocycles. The van der Waals surface area contributed by atoms with Gasteiger partial charge >= 0.3 is 0 Å². The number of carbonyl (C=O) groups is 1. The van der Waals surface area contributed by atoms with Crippen LogP contribution in [0.5, 0.6) is 0 Å². The van der Waals surface area contributed by atoms with E-state index in [4.69, 9.17) is 0 Å². The standard InChI is InChI=1S/C15H23FN2O/c1-4-17-11(2)10-15(19)18-12(3)9-13-5-7-14(16)8-6-13/h5-8,11-12,17H,4,9-10H2,1-3H3,(H,18,19). The first-order valence-electron chi connectivity index (χ1n) is 6.78. The quantitative estimate of drug-likeness (QED) is 0.795. The fourth-order valence-electron chi connectivity index (χ4n) is 2.06. The van der Waals surface area contributed by atoms with Gasteiger partial charge in [-0.25, -0.2) is 4.39 Å². The molecule has 0 saturated carbocycles. The number of hydrogen-bond donors (Lipinski definition) is 2. The van der Waals surface area contributed by atoms with Crippen molar-refractivity contribution in [2.75, 3.05) is 6.54 Å². The fraction of sp³-hybridized carbons (Fsp3) is 0.533. The molecule has 0 fully saturated rings. The molecule has 0 bridgehead atoms. The Hall–Kier alpha value is -1.42. The highest BCUT2D eigenvalue weighted by atomic mass is 19.1. The van der Waals surface area contributed by atoms with Gasteiger partial charge in [0.25, 0.3) is 0 Å². The molecule has 0 heterocycles. The van der Waals surface area contributed by atoms with Crippen LogP contribution < -0.4 is 10.6 Å². The van der Waals surface area contributed by atoms with E-state index >= 15 is 0 Å². The van der Waals surface area contributed by atoms with Crippen LogP contribution in [0.1, 0.15) is 32.8 Å². The molecular formula is C15H23FN2O. The number of halogens is 1. The van der Waals surface area contributed by atoms with Crippen molar-refractivity contribution in [3.05, 3.63) is 35.6 Å². The monoisotopic (exact) mass is 266 g/mol. The molecular weight excluding hydrogens is 243 g/mol. The molecule has 0 aliphatic rings. The highest BCUT2D eigenvalue weighted by molar-refractivity contribution is 5.76. The molecule has 1 rings (SSSR count). The van der Waals surface area contributed by atoms with Gasteiger partial charge in [-0.15, -0.1) is 0 Å². The first kappa shape index (κ1) is 15.6. The van der Waals surface area contributed by atoms with Gasteiger partial charge in [-0.2, -0.15) is 0 Å². The minimum atomic E-state index is -0.236. The van der Waals surface area contributed by atoms with Crippen molar-refractivity contribution in [2.24, 2.45) is 0 Å². The van der Waals surface area contributed by atoms with Gasteiger partial charge in [0.1, 0.15) is 5.82 Å². The number of rotatable bonds is 7. The molecule has 4 heteroatoms. The van der Waals surface area contributed by atoms with Crippen molar-refractivity contribution < 1.29 is 9.18 Å². The van der Waals surface area contributed by atoms with Gasteiger partial charge in [-0.3, -0.25) is 4.79 Å². The van der Waals surface area contributed by atoms with E-state index < -0.39 is 0 Å². The van der Waals surface area contributed by atoms with E-state index in [1.54, 1.807) is 12.1 Å². The Morgan fingerprint density at radius 3 is 2.42 bits per heavy atom. The van der Waals surface area contributed by atoms with Crippen molar-refractivity contribution in [3.8, 4) is 0 Å². The maximum atomic E-state index is 12.8. The van der Waals surface area contributed by atoms with Crippen molar-refractivity contribution in [1.29, 1.82) is 0 Å². The van der Waals surface area contributed by atoms with Gasteiger partial charge in [0.2, 0.25) is 5.91 Å². The average molecular weight is 266 g/mol. The minimum Gasteiger partial charge on any atom is -0.353 e. The summed E-state index contributed by atoms with van der Waals surface area (Å²) >= 11 is 0. The highest BCUT2D eigenvalue weighted by Gasteiger charge is 2.11. The fourth-order valence-corrected chi connectivity index (χ4v) is 2.06. The van der Waals surface area contributed by atoms with E-state index in [2.05, 4.69) is 10.6 Å². The van der Waals surface area contributed by atoms with Gasteiger partial charge in [0.05, 0.1) is 0 Å². The molecule has 0 aliphatic heterocycles. The Kier molecular flexibility index (Phi) is 6.50. The topological polar surface area (TPSA) is 41.1 Å². The molecule has 0 saturated heterocycles. The molecule has 1 amide bonds. The molecule has 0 aliphatic carbocycles. The second-order valence-electron chi connectivity index (χ2n) is 4.96. The zero-order valence-electron chi connectivity index (χ0n) is 11.9. The summed E-state index contributed by atoms with van der Waals surface area (Å²) in [6, 6.07) is 6.61. The van der Waals surface area contributed by atoms with Crippen LogP contribution in [0, 0.1) is 5.82 Å². The summed E-state index contributed by atoms with van der Waals surface area (Å²) < 4.78 is 12.8. The van der Waals surface area contributed by atoms with Crippen LogP contribution >= 0.6 is 0 Å². The normalized spacial score (nSPS) is 13.9. The second kappa shape index (κ2) is 7.89.